The first kappa shape index (κ1) is 15.7. The van der Waals surface area contributed by atoms with E-state index < -0.39 is 0 Å². The van der Waals surface area contributed by atoms with Crippen LogP contribution in [0.15, 0.2) is 24.3 Å². The zero-order valence-electron chi connectivity index (χ0n) is 13.1. The Morgan fingerprint density at radius 2 is 1.62 bits per heavy atom. The van der Waals surface area contributed by atoms with E-state index in [0.29, 0.717) is 6.54 Å². The molecule has 0 atom stereocenters. The normalized spacial score (nSPS) is 16.3. The molecular formula is C17H24N2O2. The van der Waals surface area contributed by atoms with Gasteiger partial charge in [0.15, 0.2) is 5.78 Å². The largest absolute Gasteiger partial charge is 0.369 e. The van der Waals surface area contributed by atoms with Crippen molar-refractivity contribution in [2.24, 2.45) is 5.92 Å². The molecular weight excluding hydrogens is 264 g/mol. The zero-order chi connectivity index (χ0) is 15.4. The Labute approximate surface area is 126 Å². The summed E-state index contributed by atoms with van der Waals surface area (Å²) >= 11 is 0. The predicted molar refractivity (Wildman–Crippen MR) is 84.9 cm³/mol. The molecule has 1 aliphatic rings. The summed E-state index contributed by atoms with van der Waals surface area (Å²) in [6.07, 6.45) is 0. The number of nitrogens with zero attached hydrogens (tertiary/aromatic N) is 2. The van der Waals surface area contributed by atoms with Gasteiger partial charge in [0.1, 0.15) is 5.78 Å². The lowest BCUT2D eigenvalue weighted by atomic mass is 10.0. The van der Waals surface area contributed by atoms with Gasteiger partial charge in [-0.25, -0.2) is 0 Å². The third kappa shape index (κ3) is 4.14. The van der Waals surface area contributed by atoms with E-state index in [4.69, 9.17) is 0 Å². The Kier molecular flexibility index (Phi) is 5.12. The lowest BCUT2D eigenvalue weighted by Crippen LogP contribution is -2.47. The van der Waals surface area contributed by atoms with Crippen molar-refractivity contribution in [3.63, 3.8) is 0 Å². The van der Waals surface area contributed by atoms with Gasteiger partial charge in [0.2, 0.25) is 0 Å². The Balaban J connectivity index is 1.95. The molecule has 4 heteroatoms. The highest BCUT2D eigenvalue weighted by Crippen LogP contribution is 2.18. The highest BCUT2D eigenvalue weighted by molar-refractivity contribution is 5.97. The first-order chi connectivity index (χ1) is 9.97. The fourth-order valence-corrected chi connectivity index (χ4v) is 2.65. The average molecular weight is 288 g/mol. The second-order valence-corrected chi connectivity index (χ2v) is 6.03. The summed E-state index contributed by atoms with van der Waals surface area (Å²) < 4.78 is 0. The van der Waals surface area contributed by atoms with Crippen LogP contribution in [-0.2, 0) is 4.79 Å². The molecule has 0 aliphatic carbocycles. The summed E-state index contributed by atoms with van der Waals surface area (Å²) in [5, 5.41) is 0. The number of anilines is 1. The van der Waals surface area contributed by atoms with Crippen LogP contribution in [0.5, 0.6) is 0 Å². The first-order valence-electron chi connectivity index (χ1n) is 7.58. The number of ketones is 2. The van der Waals surface area contributed by atoms with Crippen molar-refractivity contribution in [2.45, 2.75) is 20.8 Å². The molecule has 1 fully saturated rings. The molecule has 1 aromatic carbocycles. The second kappa shape index (κ2) is 6.85. The van der Waals surface area contributed by atoms with Crippen molar-refractivity contribution in [1.82, 2.24) is 4.90 Å². The second-order valence-electron chi connectivity index (χ2n) is 6.03. The Morgan fingerprint density at radius 1 is 1.05 bits per heavy atom. The van der Waals surface area contributed by atoms with Gasteiger partial charge >= 0.3 is 0 Å². The van der Waals surface area contributed by atoms with Gasteiger partial charge in [-0.1, -0.05) is 13.8 Å². The highest BCUT2D eigenvalue weighted by Gasteiger charge is 2.18. The lowest BCUT2D eigenvalue weighted by Gasteiger charge is -2.35. The quantitative estimate of drug-likeness (QED) is 0.779. The van der Waals surface area contributed by atoms with Crippen LogP contribution in [0, 0.1) is 5.92 Å². The number of hydrogen-bond donors (Lipinski definition) is 0. The fourth-order valence-electron chi connectivity index (χ4n) is 2.65. The van der Waals surface area contributed by atoms with Gasteiger partial charge in [-0.05, 0) is 31.2 Å². The minimum atomic E-state index is 0.0333. The maximum Gasteiger partial charge on any atom is 0.165 e. The Bertz CT molecular complexity index is 500. The molecule has 1 saturated heterocycles. The summed E-state index contributed by atoms with van der Waals surface area (Å²) in [5.74, 6) is 0.443. The van der Waals surface area contributed by atoms with E-state index in [9.17, 15) is 9.59 Å². The van der Waals surface area contributed by atoms with Crippen LogP contribution in [0.3, 0.4) is 0 Å². The van der Waals surface area contributed by atoms with Crippen LogP contribution in [-0.4, -0.2) is 49.2 Å². The van der Waals surface area contributed by atoms with Crippen LogP contribution in [0.1, 0.15) is 31.1 Å². The number of hydrogen-bond acceptors (Lipinski definition) is 4. The van der Waals surface area contributed by atoms with E-state index in [1.54, 1.807) is 6.92 Å². The fraction of sp³-hybridized carbons (Fsp3) is 0.529. The van der Waals surface area contributed by atoms with Gasteiger partial charge in [0.05, 0.1) is 6.54 Å². The van der Waals surface area contributed by atoms with E-state index in [2.05, 4.69) is 9.80 Å². The van der Waals surface area contributed by atoms with Gasteiger partial charge < -0.3 is 4.90 Å². The molecule has 4 nitrogen and oxygen atoms in total. The summed E-state index contributed by atoms with van der Waals surface area (Å²) in [6.45, 7) is 9.69. The maximum absolute atomic E-state index is 11.9. The summed E-state index contributed by atoms with van der Waals surface area (Å²) in [6, 6.07) is 7.88. The molecule has 21 heavy (non-hydrogen) atoms. The molecule has 0 radical (unpaired) electrons. The van der Waals surface area contributed by atoms with Gasteiger partial charge in [0.25, 0.3) is 0 Å². The molecule has 1 aromatic rings. The van der Waals surface area contributed by atoms with E-state index in [1.807, 2.05) is 38.1 Å². The minimum Gasteiger partial charge on any atom is -0.369 e. The SMILES string of the molecule is CC(=O)CN1CCN(c2ccc(C(=O)C(C)C)cc2)CC1. The van der Waals surface area contributed by atoms with E-state index in [1.165, 1.54) is 0 Å². The van der Waals surface area contributed by atoms with Crippen LogP contribution >= 0.6 is 0 Å². The molecule has 2 rings (SSSR count). The molecule has 0 saturated carbocycles. The molecule has 0 spiro atoms. The van der Waals surface area contributed by atoms with Crippen molar-refractivity contribution in [3.8, 4) is 0 Å². The van der Waals surface area contributed by atoms with Gasteiger partial charge in [-0.3, -0.25) is 14.5 Å². The van der Waals surface area contributed by atoms with Gasteiger partial charge in [-0.2, -0.15) is 0 Å². The van der Waals surface area contributed by atoms with Crippen LogP contribution in [0.25, 0.3) is 0 Å². The molecule has 0 aromatic heterocycles. The number of piperazine rings is 1. The molecule has 1 heterocycles. The standard InChI is InChI=1S/C17H24N2O2/c1-13(2)17(21)15-4-6-16(7-5-15)19-10-8-18(9-11-19)12-14(3)20/h4-7,13H,8-12H2,1-3H3. The monoisotopic (exact) mass is 288 g/mol. The predicted octanol–water partition coefficient (Wildman–Crippen LogP) is 2.24. The molecule has 0 amide bonds. The summed E-state index contributed by atoms with van der Waals surface area (Å²) in [4.78, 5) is 27.6. The summed E-state index contributed by atoms with van der Waals surface area (Å²) in [7, 11) is 0. The third-order valence-corrected chi connectivity index (χ3v) is 3.86. The number of carbonyl (C=O) groups excluding carboxylic acids is 2. The molecule has 114 valence electrons. The van der Waals surface area contributed by atoms with E-state index >= 15 is 0 Å². The van der Waals surface area contributed by atoms with E-state index in [0.717, 1.165) is 37.4 Å². The maximum atomic E-state index is 11.9. The lowest BCUT2D eigenvalue weighted by molar-refractivity contribution is -0.118. The van der Waals surface area contributed by atoms with Crippen molar-refractivity contribution >= 4 is 17.3 Å². The molecule has 0 N–H and O–H groups in total. The topological polar surface area (TPSA) is 40.6 Å². The van der Waals surface area contributed by atoms with Gasteiger partial charge in [0, 0.05) is 43.3 Å². The van der Waals surface area contributed by atoms with Crippen LogP contribution < -0.4 is 4.90 Å². The minimum absolute atomic E-state index is 0.0333. The van der Waals surface area contributed by atoms with Crippen molar-refractivity contribution in [2.75, 3.05) is 37.6 Å². The highest BCUT2D eigenvalue weighted by atomic mass is 16.1. The number of rotatable bonds is 5. The zero-order valence-corrected chi connectivity index (χ0v) is 13.1. The Morgan fingerprint density at radius 3 is 2.10 bits per heavy atom. The Hall–Kier alpha value is -1.68. The first-order valence-corrected chi connectivity index (χ1v) is 7.58. The van der Waals surface area contributed by atoms with Crippen LogP contribution in [0.4, 0.5) is 5.69 Å². The number of carbonyl (C=O) groups is 2. The molecule has 1 aliphatic heterocycles. The smallest absolute Gasteiger partial charge is 0.165 e. The van der Waals surface area contributed by atoms with Crippen LogP contribution in [0.2, 0.25) is 0 Å². The summed E-state index contributed by atoms with van der Waals surface area (Å²) in [5.41, 5.74) is 1.93. The molecule has 0 bridgehead atoms. The number of benzene rings is 1. The van der Waals surface area contributed by atoms with Crippen molar-refractivity contribution in [3.05, 3.63) is 29.8 Å². The van der Waals surface area contributed by atoms with Crippen molar-refractivity contribution < 1.29 is 9.59 Å². The molecule has 0 unspecified atom stereocenters. The van der Waals surface area contributed by atoms with E-state index in [-0.39, 0.29) is 17.5 Å². The average Bonchev–Trinajstić information content (AvgIpc) is 2.47. The number of Topliss-reactive ketones (excluding diaryl/α,β-unsaturated/α-hetero) is 2. The third-order valence-electron chi connectivity index (χ3n) is 3.86. The van der Waals surface area contributed by atoms with Crippen molar-refractivity contribution in [1.29, 1.82) is 0 Å². The van der Waals surface area contributed by atoms with Gasteiger partial charge in [-0.15, -0.1) is 0 Å².